The summed E-state index contributed by atoms with van der Waals surface area (Å²) in [5.41, 5.74) is 2.21. The fraction of sp³-hybridized carbons (Fsp3) is 0.200. The highest BCUT2D eigenvalue weighted by Gasteiger charge is 2.13. The molecule has 26 heavy (non-hydrogen) atoms. The van der Waals surface area contributed by atoms with Crippen LogP contribution in [0.5, 0.6) is 0 Å². The SMILES string of the molecule is C=CCN(Cc1ccccc1)C(=O)Nc1cccc(NC(=O)COC)c1. The van der Waals surface area contributed by atoms with Crippen LogP contribution in [-0.4, -0.2) is 37.1 Å². The molecule has 0 fully saturated rings. The standard InChI is InChI=1S/C20H23N3O3/c1-3-12-23(14-16-8-5-4-6-9-16)20(25)22-18-11-7-10-17(13-18)21-19(24)15-26-2/h3-11,13H,1,12,14-15H2,2H3,(H,21,24)(H,22,25). The van der Waals surface area contributed by atoms with Gasteiger partial charge in [-0.1, -0.05) is 42.5 Å². The second-order valence-corrected chi connectivity index (χ2v) is 5.65. The van der Waals surface area contributed by atoms with Gasteiger partial charge in [-0.05, 0) is 23.8 Å². The lowest BCUT2D eigenvalue weighted by Crippen LogP contribution is -2.34. The Morgan fingerprint density at radius 3 is 2.42 bits per heavy atom. The monoisotopic (exact) mass is 353 g/mol. The number of nitrogens with zero attached hydrogens (tertiary/aromatic N) is 1. The predicted molar refractivity (Wildman–Crippen MR) is 103 cm³/mol. The van der Waals surface area contributed by atoms with E-state index in [2.05, 4.69) is 17.2 Å². The molecule has 0 aliphatic heterocycles. The van der Waals surface area contributed by atoms with Gasteiger partial charge in [0.05, 0.1) is 0 Å². The van der Waals surface area contributed by atoms with Crippen molar-refractivity contribution in [3.05, 3.63) is 72.8 Å². The zero-order valence-corrected chi connectivity index (χ0v) is 14.8. The number of nitrogens with one attached hydrogen (secondary N) is 2. The molecule has 0 unspecified atom stereocenters. The summed E-state index contributed by atoms with van der Waals surface area (Å²) < 4.78 is 4.79. The summed E-state index contributed by atoms with van der Waals surface area (Å²) in [6.07, 6.45) is 1.68. The van der Waals surface area contributed by atoms with E-state index in [1.165, 1.54) is 7.11 Å². The van der Waals surface area contributed by atoms with Crippen LogP contribution >= 0.6 is 0 Å². The fourth-order valence-corrected chi connectivity index (χ4v) is 2.38. The topological polar surface area (TPSA) is 70.7 Å². The van der Waals surface area contributed by atoms with Crippen molar-refractivity contribution in [2.45, 2.75) is 6.54 Å². The average Bonchev–Trinajstić information content (AvgIpc) is 2.62. The van der Waals surface area contributed by atoms with Crippen LogP contribution in [0.15, 0.2) is 67.3 Å². The Bertz CT molecular complexity index is 747. The number of benzene rings is 2. The van der Waals surface area contributed by atoms with E-state index in [1.807, 2.05) is 30.3 Å². The Balaban J connectivity index is 2.03. The molecule has 2 aromatic rings. The van der Waals surface area contributed by atoms with Crippen LogP contribution in [0.1, 0.15) is 5.56 Å². The van der Waals surface area contributed by atoms with Gasteiger partial charge in [-0.25, -0.2) is 4.79 Å². The summed E-state index contributed by atoms with van der Waals surface area (Å²) in [7, 11) is 1.46. The number of hydrogen-bond donors (Lipinski definition) is 2. The minimum Gasteiger partial charge on any atom is -0.375 e. The number of ether oxygens (including phenoxy) is 1. The summed E-state index contributed by atoms with van der Waals surface area (Å²) in [4.78, 5) is 25.9. The molecule has 6 nitrogen and oxygen atoms in total. The number of carbonyl (C=O) groups is 2. The zero-order chi connectivity index (χ0) is 18.8. The second-order valence-electron chi connectivity index (χ2n) is 5.65. The summed E-state index contributed by atoms with van der Waals surface area (Å²) >= 11 is 0. The number of hydrogen-bond acceptors (Lipinski definition) is 3. The normalized spacial score (nSPS) is 10.0. The van der Waals surface area contributed by atoms with Crippen LogP contribution in [0.2, 0.25) is 0 Å². The fourth-order valence-electron chi connectivity index (χ4n) is 2.38. The van der Waals surface area contributed by atoms with Crippen LogP contribution in [0, 0.1) is 0 Å². The van der Waals surface area contributed by atoms with Gasteiger partial charge in [0, 0.05) is 31.6 Å². The molecule has 2 rings (SSSR count). The van der Waals surface area contributed by atoms with Gasteiger partial charge in [0.2, 0.25) is 5.91 Å². The first-order valence-electron chi connectivity index (χ1n) is 8.22. The highest BCUT2D eigenvalue weighted by Crippen LogP contribution is 2.16. The number of methoxy groups -OCH3 is 1. The summed E-state index contributed by atoms with van der Waals surface area (Å²) in [5.74, 6) is -0.256. The largest absolute Gasteiger partial charge is 0.375 e. The second kappa shape index (κ2) is 10.0. The Hall–Kier alpha value is -3.12. The lowest BCUT2D eigenvalue weighted by molar-refractivity contribution is -0.119. The van der Waals surface area contributed by atoms with Gasteiger partial charge in [0.15, 0.2) is 0 Å². The van der Waals surface area contributed by atoms with Crippen molar-refractivity contribution in [2.75, 3.05) is 30.9 Å². The van der Waals surface area contributed by atoms with Crippen molar-refractivity contribution < 1.29 is 14.3 Å². The Morgan fingerprint density at radius 1 is 1.08 bits per heavy atom. The molecule has 0 radical (unpaired) electrons. The van der Waals surface area contributed by atoms with E-state index < -0.39 is 0 Å². The van der Waals surface area contributed by atoms with Crippen molar-refractivity contribution in [1.29, 1.82) is 0 Å². The first-order chi connectivity index (χ1) is 12.6. The molecule has 0 spiro atoms. The quantitative estimate of drug-likeness (QED) is 0.714. The van der Waals surface area contributed by atoms with Gasteiger partial charge < -0.3 is 20.3 Å². The van der Waals surface area contributed by atoms with Crippen molar-refractivity contribution in [2.24, 2.45) is 0 Å². The lowest BCUT2D eigenvalue weighted by Gasteiger charge is -2.22. The molecule has 0 heterocycles. The lowest BCUT2D eigenvalue weighted by atomic mass is 10.2. The van der Waals surface area contributed by atoms with Gasteiger partial charge in [0.25, 0.3) is 0 Å². The van der Waals surface area contributed by atoms with E-state index in [0.29, 0.717) is 24.5 Å². The minimum absolute atomic E-state index is 0.0270. The van der Waals surface area contributed by atoms with Crippen LogP contribution in [0.3, 0.4) is 0 Å². The summed E-state index contributed by atoms with van der Waals surface area (Å²) in [6.45, 7) is 4.58. The molecule has 0 atom stereocenters. The maximum Gasteiger partial charge on any atom is 0.322 e. The molecule has 0 aromatic heterocycles. The number of urea groups is 1. The van der Waals surface area contributed by atoms with Crippen molar-refractivity contribution in [3.8, 4) is 0 Å². The van der Waals surface area contributed by atoms with Gasteiger partial charge >= 0.3 is 6.03 Å². The minimum atomic E-state index is -0.256. The van der Waals surface area contributed by atoms with Crippen LogP contribution < -0.4 is 10.6 Å². The molecule has 3 amide bonds. The highest BCUT2D eigenvalue weighted by atomic mass is 16.5. The molecule has 0 saturated heterocycles. The summed E-state index contributed by atoms with van der Waals surface area (Å²) in [5, 5.41) is 5.56. The first-order valence-corrected chi connectivity index (χ1v) is 8.22. The molecule has 0 aliphatic rings. The maximum atomic E-state index is 12.6. The maximum absolute atomic E-state index is 12.6. The van der Waals surface area contributed by atoms with Crippen LogP contribution in [0.25, 0.3) is 0 Å². The van der Waals surface area contributed by atoms with Gasteiger partial charge in [-0.15, -0.1) is 6.58 Å². The molecule has 6 heteroatoms. The van der Waals surface area contributed by atoms with Crippen LogP contribution in [-0.2, 0) is 16.1 Å². The first kappa shape index (κ1) is 19.2. The Kier molecular flexibility index (Phi) is 7.39. The molecular weight excluding hydrogens is 330 g/mol. The van der Waals surface area contributed by atoms with Crippen LogP contribution in [0.4, 0.5) is 16.2 Å². The van der Waals surface area contributed by atoms with Crippen molar-refractivity contribution in [3.63, 3.8) is 0 Å². The molecule has 0 bridgehead atoms. The van der Waals surface area contributed by atoms with E-state index >= 15 is 0 Å². The van der Waals surface area contributed by atoms with Crippen molar-refractivity contribution >= 4 is 23.3 Å². The molecule has 0 saturated carbocycles. The van der Waals surface area contributed by atoms with E-state index in [9.17, 15) is 9.59 Å². The zero-order valence-electron chi connectivity index (χ0n) is 14.8. The van der Waals surface area contributed by atoms with E-state index in [-0.39, 0.29) is 18.5 Å². The third-order valence-electron chi connectivity index (χ3n) is 3.53. The Morgan fingerprint density at radius 2 is 1.77 bits per heavy atom. The van der Waals surface area contributed by atoms with E-state index in [0.717, 1.165) is 5.56 Å². The van der Waals surface area contributed by atoms with E-state index in [1.54, 1.807) is 35.2 Å². The molecule has 136 valence electrons. The Labute approximate surface area is 153 Å². The number of anilines is 2. The molecule has 0 aliphatic carbocycles. The van der Waals surface area contributed by atoms with Crippen molar-refractivity contribution in [1.82, 2.24) is 4.90 Å². The van der Waals surface area contributed by atoms with Gasteiger partial charge in [-0.3, -0.25) is 4.79 Å². The summed E-state index contributed by atoms with van der Waals surface area (Å²) in [6, 6.07) is 16.5. The third-order valence-corrected chi connectivity index (χ3v) is 3.53. The predicted octanol–water partition coefficient (Wildman–Crippen LogP) is 3.49. The highest BCUT2D eigenvalue weighted by molar-refractivity contribution is 5.94. The van der Waals surface area contributed by atoms with E-state index in [4.69, 9.17) is 4.74 Å². The molecule has 2 N–H and O–H groups in total. The number of rotatable bonds is 8. The van der Waals surface area contributed by atoms with Gasteiger partial charge in [-0.2, -0.15) is 0 Å². The number of carbonyl (C=O) groups excluding carboxylic acids is 2. The third kappa shape index (κ3) is 6.07. The molecular formula is C20H23N3O3. The smallest absolute Gasteiger partial charge is 0.322 e. The van der Waals surface area contributed by atoms with Gasteiger partial charge in [0.1, 0.15) is 6.61 Å². The number of amides is 3. The molecule has 2 aromatic carbocycles. The average molecular weight is 353 g/mol.